The molecule has 0 aliphatic heterocycles. The van der Waals surface area contributed by atoms with E-state index in [2.05, 4.69) is 43.4 Å². The SMILES string of the molecule is CC(CN(C)C)NCC1CC=CC1. The van der Waals surface area contributed by atoms with Crippen LogP contribution in [0.15, 0.2) is 12.2 Å². The highest BCUT2D eigenvalue weighted by Crippen LogP contribution is 2.16. The molecule has 13 heavy (non-hydrogen) atoms. The van der Waals surface area contributed by atoms with E-state index in [0.717, 1.165) is 12.5 Å². The lowest BCUT2D eigenvalue weighted by Gasteiger charge is -2.20. The van der Waals surface area contributed by atoms with Gasteiger partial charge in [-0.15, -0.1) is 0 Å². The molecule has 0 amide bonds. The van der Waals surface area contributed by atoms with E-state index in [1.165, 1.54) is 19.4 Å². The zero-order valence-corrected chi connectivity index (χ0v) is 9.09. The molecule has 0 aromatic heterocycles. The Bertz CT molecular complexity index is 155. The van der Waals surface area contributed by atoms with Crippen LogP contribution in [-0.2, 0) is 0 Å². The Morgan fingerprint density at radius 2 is 2.00 bits per heavy atom. The van der Waals surface area contributed by atoms with Crippen molar-refractivity contribution < 1.29 is 0 Å². The molecule has 0 radical (unpaired) electrons. The van der Waals surface area contributed by atoms with E-state index in [9.17, 15) is 0 Å². The smallest absolute Gasteiger partial charge is 0.0166 e. The normalized spacial score (nSPS) is 20.0. The van der Waals surface area contributed by atoms with Gasteiger partial charge < -0.3 is 10.2 Å². The van der Waals surface area contributed by atoms with Crippen LogP contribution < -0.4 is 5.32 Å². The summed E-state index contributed by atoms with van der Waals surface area (Å²) in [6.07, 6.45) is 7.12. The van der Waals surface area contributed by atoms with Gasteiger partial charge in [0.2, 0.25) is 0 Å². The molecular weight excluding hydrogens is 160 g/mol. The maximum absolute atomic E-state index is 3.57. The van der Waals surface area contributed by atoms with E-state index in [1.54, 1.807) is 0 Å². The Morgan fingerprint density at radius 1 is 1.38 bits per heavy atom. The minimum Gasteiger partial charge on any atom is -0.313 e. The quantitative estimate of drug-likeness (QED) is 0.648. The Morgan fingerprint density at radius 3 is 2.54 bits per heavy atom. The van der Waals surface area contributed by atoms with Crippen LogP contribution in [-0.4, -0.2) is 38.1 Å². The second-order valence-electron chi connectivity index (χ2n) is 4.38. The largest absolute Gasteiger partial charge is 0.313 e. The molecule has 0 bridgehead atoms. The van der Waals surface area contributed by atoms with Crippen LogP contribution in [0.25, 0.3) is 0 Å². The molecule has 0 saturated carbocycles. The van der Waals surface area contributed by atoms with Crippen molar-refractivity contribution in [3.8, 4) is 0 Å². The number of rotatable bonds is 5. The third kappa shape index (κ3) is 4.44. The summed E-state index contributed by atoms with van der Waals surface area (Å²) in [5.74, 6) is 0.851. The highest BCUT2D eigenvalue weighted by molar-refractivity contribution is 4.94. The summed E-state index contributed by atoms with van der Waals surface area (Å²) in [5, 5.41) is 3.57. The van der Waals surface area contributed by atoms with E-state index in [0.29, 0.717) is 6.04 Å². The molecule has 1 aliphatic carbocycles. The van der Waals surface area contributed by atoms with E-state index in [-0.39, 0.29) is 0 Å². The van der Waals surface area contributed by atoms with Crippen molar-refractivity contribution in [1.82, 2.24) is 10.2 Å². The molecule has 0 spiro atoms. The molecule has 1 atom stereocenters. The lowest BCUT2D eigenvalue weighted by atomic mass is 10.1. The molecule has 1 rings (SSSR count). The molecule has 2 nitrogen and oxygen atoms in total. The van der Waals surface area contributed by atoms with E-state index >= 15 is 0 Å². The Kier molecular flexibility index (Phi) is 4.46. The zero-order valence-electron chi connectivity index (χ0n) is 9.09. The van der Waals surface area contributed by atoms with E-state index in [1.807, 2.05) is 0 Å². The summed E-state index contributed by atoms with van der Waals surface area (Å²) in [7, 11) is 4.24. The van der Waals surface area contributed by atoms with Gasteiger partial charge >= 0.3 is 0 Å². The maximum atomic E-state index is 3.57. The summed E-state index contributed by atoms with van der Waals surface area (Å²) in [6, 6.07) is 0.607. The molecule has 0 saturated heterocycles. The second-order valence-corrected chi connectivity index (χ2v) is 4.38. The van der Waals surface area contributed by atoms with Crippen molar-refractivity contribution in [2.45, 2.75) is 25.8 Å². The monoisotopic (exact) mass is 182 g/mol. The Labute approximate surface area is 82.0 Å². The topological polar surface area (TPSA) is 15.3 Å². The van der Waals surface area contributed by atoms with Crippen LogP contribution in [0.1, 0.15) is 19.8 Å². The average Bonchev–Trinajstić information content (AvgIpc) is 2.51. The third-order valence-electron chi connectivity index (χ3n) is 2.50. The van der Waals surface area contributed by atoms with Crippen molar-refractivity contribution >= 4 is 0 Å². The molecule has 0 aromatic carbocycles. The van der Waals surface area contributed by atoms with Gasteiger partial charge in [-0.3, -0.25) is 0 Å². The van der Waals surface area contributed by atoms with Crippen LogP contribution in [0.3, 0.4) is 0 Å². The van der Waals surface area contributed by atoms with E-state index < -0.39 is 0 Å². The highest BCUT2D eigenvalue weighted by Gasteiger charge is 2.11. The molecule has 1 unspecified atom stereocenters. The molecule has 0 heterocycles. The average molecular weight is 182 g/mol. The summed E-state index contributed by atoms with van der Waals surface area (Å²) < 4.78 is 0. The third-order valence-corrected chi connectivity index (χ3v) is 2.50. The lowest BCUT2D eigenvalue weighted by Crippen LogP contribution is -2.38. The van der Waals surface area contributed by atoms with Gasteiger partial charge in [-0.1, -0.05) is 12.2 Å². The molecular formula is C11H22N2. The molecule has 0 fully saturated rings. The van der Waals surface area contributed by atoms with Gasteiger partial charge in [0.15, 0.2) is 0 Å². The number of allylic oxidation sites excluding steroid dienone is 2. The van der Waals surface area contributed by atoms with Crippen LogP contribution >= 0.6 is 0 Å². The fraction of sp³-hybridized carbons (Fsp3) is 0.818. The minimum atomic E-state index is 0.607. The van der Waals surface area contributed by atoms with Crippen LogP contribution in [0.5, 0.6) is 0 Å². The predicted octanol–water partition coefficient (Wildman–Crippen LogP) is 1.49. The summed E-state index contributed by atoms with van der Waals surface area (Å²) in [5.41, 5.74) is 0. The Balaban J connectivity index is 2.04. The first-order valence-electron chi connectivity index (χ1n) is 5.21. The zero-order chi connectivity index (χ0) is 9.68. The van der Waals surface area contributed by atoms with Gasteiger partial charge in [-0.05, 0) is 46.3 Å². The first kappa shape index (κ1) is 10.7. The van der Waals surface area contributed by atoms with Crippen molar-refractivity contribution in [2.75, 3.05) is 27.2 Å². The fourth-order valence-electron chi connectivity index (χ4n) is 1.82. The first-order valence-corrected chi connectivity index (χ1v) is 5.21. The number of hydrogen-bond acceptors (Lipinski definition) is 2. The highest BCUT2D eigenvalue weighted by atomic mass is 15.1. The van der Waals surface area contributed by atoms with Gasteiger partial charge in [0.1, 0.15) is 0 Å². The fourth-order valence-corrected chi connectivity index (χ4v) is 1.82. The number of likely N-dealkylation sites (N-methyl/N-ethyl adjacent to an activating group) is 1. The second kappa shape index (κ2) is 5.40. The van der Waals surface area contributed by atoms with Gasteiger partial charge in [0, 0.05) is 12.6 Å². The molecule has 2 heteroatoms. The number of nitrogens with zero attached hydrogens (tertiary/aromatic N) is 1. The molecule has 0 aromatic rings. The van der Waals surface area contributed by atoms with Crippen molar-refractivity contribution in [1.29, 1.82) is 0 Å². The standard InChI is InChI=1S/C11H22N2/c1-10(9-13(2)3)12-8-11-6-4-5-7-11/h4-5,10-12H,6-9H2,1-3H3. The summed E-state index contributed by atoms with van der Waals surface area (Å²) >= 11 is 0. The van der Waals surface area contributed by atoms with Crippen LogP contribution in [0.2, 0.25) is 0 Å². The molecule has 1 N–H and O–H groups in total. The van der Waals surface area contributed by atoms with Crippen LogP contribution in [0, 0.1) is 5.92 Å². The summed E-state index contributed by atoms with van der Waals surface area (Å²) in [6.45, 7) is 4.55. The first-order chi connectivity index (χ1) is 6.18. The maximum Gasteiger partial charge on any atom is 0.0166 e. The number of hydrogen-bond donors (Lipinski definition) is 1. The van der Waals surface area contributed by atoms with E-state index in [4.69, 9.17) is 0 Å². The van der Waals surface area contributed by atoms with Gasteiger partial charge in [-0.2, -0.15) is 0 Å². The minimum absolute atomic E-state index is 0.607. The van der Waals surface area contributed by atoms with Crippen LogP contribution in [0.4, 0.5) is 0 Å². The van der Waals surface area contributed by atoms with Gasteiger partial charge in [-0.25, -0.2) is 0 Å². The lowest BCUT2D eigenvalue weighted by molar-refractivity contribution is 0.337. The number of nitrogens with one attached hydrogen (secondary N) is 1. The Hall–Kier alpha value is -0.340. The van der Waals surface area contributed by atoms with Gasteiger partial charge in [0.25, 0.3) is 0 Å². The van der Waals surface area contributed by atoms with Crippen molar-refractivity contribution in [3.63, 3.8) is 0 Å². The van der Waals surface area contributed by atoms with Gasteiger partial charge in [0.05, 0.1) is 0 Å². The summed E-state index contributed by atoms with van der Waals surface area (Å²) in [4.78, 5) is 2.23. The van der Waals surface area contributed by atoms with Crippen molar-refractivity contribution in [2.24, 2.45) is 5.92 Å². The molecule has 76 valence electrons. The predicted molar refractivity (Wildman–Crippen MR) is 57.9 cm³/mol. The van der Waals surface area contributed by atoms with Crippen molar-refractivity contribution in [3.05, 3.63) is 12.2 Å². The molecule has 1 aliphatic rings.